The Labute approximate surface area is 108 Å². The molecular weight excluding hydrogens is 228 g/mol. The molecule has 0 radical (unpaired) electrons. The normalized spacial score (nSPS) is 21.1. The Balaban J connectivity index is 2.14. The van der Waals surface area contributed by atoms with E-state index < -0.39 is 0 Å². The van der Waals surface area contributed by atoms with Gasteiger partial charge in [-0.1, -0.05) is 6.07 Å². The number of aromatic hydroxyl groups is 1. The summed E-state index contributed by atoms with van der Waals surface area (Å²) in [6.45, 7) is 6.32. The molecule has 4 nitrogen and oxygen atoms in total. The third-order valence-corrected chi connectivity index (χ3v) is 3.70. The van der Waals surface area contributed by atoms with Crippen molar-refractivity contribution < 1.29 is 9.90 Å². The van der Waals surface area contributed by atoms with Crippen LogP contribution < -0.4 is 0 Å². The molecule has 0 aliphatic carbocycles. The second kappa shape index (κ2) is 4.98. The van der Waals surface area contributed by atoms with E-state index in [9.17, 15) is 9.90 Å². The van der Waals surface area contributed by atoms with Crippen LogP contribution >= 0.6 is 0 Å². The smallest absolute Gasteiger partial charge is 0.254 e. The SMILES string of the molecule is Cc1ccc(C(=O)N2CCN(C)C(C)C2)cc1O. The number of piperazine rings is 1. The van der Waals surface area contributed by atoms with Gasteiger partial charge in [0.1, 0.15) is 5.75 Å². The van der Waals surface area contributed by atoms with E-state index in [1.807, 2.05) is 11.8 Å². The summed E-state index contributed by atoms with van der Waals surface area (Å²) in [5, 5.41) is 9.66. The Hall–Kier alpha value is -1.55. The first-order chi connectivity index (χ1) is 8.49. The second-order valence-corrected chi connectivity index (χ2v) is 5.08. The van der Waals surface area contributed by atoms with Crippen LogP contribution in [-0.4, -0.2) is 53.5 Å². The van der Waals surface area contributed by atoms with Gasteiger partial charge in [0.05, 0.1) is 0 Å². The van der Waals surface area contributed by atoms with Gasteiger partial charge >= 0.3 is 0 Å². The third-order valence-electron chi connectivity index (χ3n) is 3.70. The van der Waals surface area contributed by atoms with Gasteiger partial charge in [-0.15, -0.1) is 0 Å². The zero-order chi connectivity index (χ0) is 13.3. The molecule has 2 rings (SSSR count). The summed E-state index contributed by atoms with van der Waals surface area (Å²) in [5.41, 5.74) is 1.35. The number of benzene rings is 1. The zero-order valence-electron chi connectivity index (χ0n) is 11.2. The summed E-state index contributed by atoms with van der Waals surface area (Å²) >= 11 is 0. The topological polar surface area (TPSA) is 43.8 Å². The van der Waals surface area contributed by atoms with Gasteiger partial charge in [-0.2, -0.15) is 0 Å². The van der Waals surface area contributed by atoms with Crippen molar-refractivity contribution >= 4 is 5.91 Å². The summed E-state index contributed by atoms with van der Waals surface area (Å²) in [7, 11) is 2.07. The van der Waals surface area contributed by atoms with Crippen molar-refractivity contribution in [1.82, 2.24) is 9.80 Å². The molecular formula is C14H20N2O2. The van der Waals surface area contributed by atoms with Crippen molar-refractivity contribution in [2.45, 2.75) is 19.9 Å². The lowest BCUT2D eigenvalue weighted by Crippen LogP contribution is -2.52. The molecule has 0 saturated carbocycles. The van der Waals surface area contributed by atoms with Crippen molar-refractivity contribution in [1.29, 1.82) is 0 Å². The second-order valence-electron chi connectivity index (χ2n) is 5.08. The molecule has 1 aromatic rings. The van der Waals surface area contributed by atoms with Gasteiger partial charge in [0.25, 0.3) is 5.91 Å². The predicted octanol–water partition coefficient (Wildman–Crippen LogP) is 1.48. The van der Waals surface area contributed by atoms with E-state index in [1.165, 1.54) is 0 Å². The molecule has 1 N–H and O–H groups in total. The van der Waals surface area contributed by atoms with Crippen LogP contribution in [0.15, 0.2) is 18.2 Å². The van der Waals surface area contributed by atoms with Crippen LogP contribution in [0.4, 0.5) is 0 Å². The van der Waals surface area contributed by atoms with Gasteiger partial charge in [-0.3, -0.25) is 4.79 Å². The van der Waals surface area contributed by atoms with Crippen LogP contribution in [0.5, 0.6) is 5.75 Å². The van der Waals surface area contributed by atoms with Crippen LogP contribution in [0.25, 0.3) is 0 Å². The van der Waals surface area contributed by atoms with E-state index in [-0.39, 0.29) is 11.7 Å². The first-order valence-corrected chi connectivity index (χ1v) is 6.28. The molecule has 1 saturated heterocycles. The van der Waals surface area contributed by atoms with Gasteiger partial charge in [0.15, 0.2) is 0 Å². The average Bonchev–Trinajstić information content (AvgIpc) is 2.35. The van der Waals surface area contributed by atoms with Crippen LogP contribution in [0.3, 0.4) is 0 Å². The molecule has 18 heavy (non-hydrogen) atoms. The van der Waals surface area contributed by atoms with Gasteiger partial charge in [-0.05, 0) is 38.6 Å². The monoisotopic (exact) mass is 248 g/mol. The van der Waals surface area contributed by atoms with Crippen LogP contribution in [0.1, 0.15) is 22.8 Å². The molecule has 98 valence electrons. The van der Waals surface area contributed by atoms with Crippen molar-refractivity contribution in [2.24, 2.45) is 0 Å². The molecule has 1 aliphatic heterocycles. The van der Waals surface area contributed by atoms with Crippen molar-refractivity contribution in [3.8, 4) is 5.75 Å². The average molecular weight is 248 g/mol. The number of phenols is 1. The van der Waals surface area contributed by atoms with E-state index in [4.69, 9.17) is 0 Å². The Morgan fingerprint density at radius 3 is 2.72 bits per heavy atom. The molecule has 4 heteroatoms. The quantitative estimate of drug-likeness (QED) is 0.818. The fraction of sp³-hybridized carbons (Fsp3) is 0.500. The number of likely N-dealkylation sites (N-methyl/N-ethyl adjacent to an activating group) is 1. The van der Waals surface area contributed by atoms with Gasteiger partial charge in [-0.25, -0.2) is 0 Å². The summed E-state index contributed by atoms with van der Waals surface area (Å²) in [6.07, 6.45) is 0. The Morgan fingerprint density at radius 2 is 2.11 bits per heavy atom. The van der Waals surface area contributed by atoms with Crippen molar-refractivity contribution in [3.05, 3.63) is 29.3 Å². The zero-order valence-corrected chi connectivity index (χ0v) is 11.2. The van der Waals surface area contributed by atoms with E-state index >= 15 is 0 Å². The molecule has 1 amide bonds. The predicted molar refractivity (Wildman–Crippen MR) is 70.8 cm³/mol. The molecule has 1 aromatic carbocycles. The molecule has 1 atom stereocenters. The first kappa shape index (κ1) is 12.9. The maximum atomic E-state index is 12.3. The van der Waals surface area contributed by atoms with E-state index in [0.29, 0.717) is 11.6 Å². The highest BCUT2D eigenvalue weighted by Gasteiger charge is 2.25. The van der Waals surface area contributed by atoms with Crippen LogP contribution in [-0.2, 0) is 0 Å². The lowest BCUT2D eigenvalue weighted by molar-refractivity contribution is 0.0572. The summed E-state index contributed by atoms with van der Waals surface area (Å²) in [5.74, 6) is 0.188. The molecule has 1 unspecified atom stereocenters. The molecule has 1 fully saturated rings. The highest BCUT2D eigenvalue weighted by molar-refractivity contribution is 5.94. The van der Waals surface area contributed by atoms with Gasteiger partial charge in [0.2, 0.25) is 0 Å². The minimum atomic E-state index is 0.00486. The Morgan fingerprint density at radius 1 is 1.39 bits per heavy atom. The Bertz CT molecular complexity index is 459. The lowest BCUT2D eigenvalue weighted by atomic mass is 10.1. The maximum absolute atomic E-state index is 12.3. The van der Waals surface area contributed by atoms with Crippen molar-refractivity contribution in [2.75, 3.05) is 26.7 Å². The molecule has 1 heterocycles. The van der Waals surface area contributed by atoms with Gasteiger partial charge in [0, 0.05) is 31.2 Å². The largest absolute Gasteiger partial charge is 0.508 e. The fourth-order valence-corrected chi connectivity index (χ4v) is 2.16. The highest BCUT2D eigenvalue weighted by Crippen LogP contribution is 2.19. The number of hydrogen-bond donors (Lipinski definition) is 1. The first-order valence-electron chi connectivity index (χ1n) is 6.28. The van der Waals surface area contributed by atoms with E-state index in [2.05, 4.69) is 18.9 Å². The number of phenolic OH excluding ortho intramolecular Hbond substituents is 1. The number of nitrogens with zero attached hydrogens (tertiary/aromatic N) is 2. The fourth-order valence-electron chi connectivity index (χ4n) is 2.16. The number of hydrogen-bond acceptors (Lipinski definition) is 3. The minimum Gasteiger partial charge on any atom is -0.508 e. The third kappa shape index (κ3) is 2.48. The number of aryl methyl sites for hydroxylation is 1. The molecule has 0 aromatic heterocycles. The van der Waals surface area contributed by atoms with Crippen LogP contribution in [0.2, 0.25) is 0 Å². The number of carbonyl (C=O) groups excluding carboxylic acids is 1. The standard InChI is InChI=1S/C14H20N2O2/c1-10-4-5-12(8-13(10)17)14(18)16-7-6-15(3)11(2)9-16/h4-5,8,11,17H,6-7,9H2,1-3H3. The molecule has 0 spiro atoms. The number of carbonyl (C=O) groups is 1. The number of rotatable bonds is 1. The van der Waals surface area contributed by atoms with Crippen LogP contribution in [0, 0.1) is 6.92 Å². The summed E-state index contributed by atoms with van der Waals surface area (Å²) < 4.78 is 0. The highest BCUT2D eigenvalue weighted by atomic mass is 16.3. The maximum Gasteiger partial charge on any atom is 0.254 e. The van der Waals surface area contributed by atoms with Gasteiger partial charge < -0.3 is 14.9 Å². The molecule has 0 bridgehead atoms. The summed E-state index contributed by atoms with van der Waals surface area (Å²) in [6, 6.07) is 5.49. The van der Waals surface area contributed by atoms with E-state index in [1.54, 1.807) is 18.2 Å². The lowest BCUT2D eigenvalue weighted by Gasteiger charge is -2.37. The summed E-state index contributed by atoms with van der Waals surface area (Å²) in [4.78, 5) is 16.4. The minimum absolute atomic E-state index is 0.00486. The van der Waals surface area contributed by atoms with E-state index in [0.717, 1.165) is 25.2 Å². The Kier molecular flexibility index (Phi) is 3.57. The molecule has 1 aliphatic rings. The van der Waals surface area contributed by atoms with Crippen molar-refractivity contribution in [3.63, 3.8) is 0 Å². The number of amides is 1.